The van der Waals surface area contributed by atoms with Gasteiger partial charge >= 0.3 is 0 Å². The van der Waals surface area contributed by atoms with Crippen LogP contribution < -0.4 is 5.32 Å². The van der Waals surface area contributed by atoms with Gasteiger partial charge in [-0.2, -0.15) is 5.10 Å². The zero-order valence-corrected chi connectivity index (χ0v) is 11.9. The number of halogens is 1. The van der Waals surface area contributed by atoms with E-state index in [2.05, 4.69) is 10.4 Å². The maximum Gasteiger partial charge on any atom is 0.248 e. The van der Waals surface area contributed by atoms with Gasteiger partial charge in [-0.1, -0.05) is 17.7 Å². The number of aromatic nitrogens is 2. The number of hydrogen-bond donors (Lipinski definition) is 1. The van der Waals surface area contributed by atoms with Crippen molar-refractivity contribution in [3.63, 3.8) is 0 Å². The third kappa shape index (κ3) is 3.15. The van der Waals surface area contributed by atoms with Crippen LogP contribution in [0.2, 0.25) is 5.02 Å². The summed E-state index contributed by atoms with van der Waals surface area (Å²) < 4.78 is 1.64. The number of carbonyl (C=O) groups excluding carboxylic acids is 1. The molecule has 0 spiro atoms. The Morgan fingerprint density at radius 3 is 2.79 bits per heavy atom. The Kier molecular flexibility index (Phi) is 3.90. The van der Waals surface area contributed by atoms with E-state index in [9.17, 15) is 4.79 Å². The van der Waals surface area contributed by atoms with Gasteiger partial charge in [-0.05, 0) is 44.0 Å². The van der Waals surface area contributed by atoms with E-state index in [1.165, 1.54) is 0 Å². The number of anilines is 1. The van der Waals surface area contributed by atoms with Crippen LogP contribution in [0.1, 0.15) is 24.1 Å². The molecule has 5 heteroatoms. The lowest BCUT2D eigenvalue weighted by Gasteiger charge is -2.14. The van der Waals surface area contributed by atoms with Crippen LogP contribution >= 0.6 is 11.6 Å². The molecule has 1 aromatic heterocycles. The van der Waals surface area contributed by atoms with Crippen LogP contribution in [0, 0.1) is 13.8 Å². The summed E-state index contributed by atoms with van der Waals surface area (Å²) in [5.74, 6) is -0.117. The highest BCUT2D eigenvalue weighted by Crippen LogP contribution is 2.21. The summed E-state index contributed by atoms with van der Waals surface area (Å²) in [6, 6.07) is 5.05. The molecular formula is C14H16ClN3O. The Labute approximate surface area is 117 Å². The van der Waals surface area contributed by atoms with Gasteiger partial charge in [0.25, 0.3) is 0 Å². The number of nitrogens with zero attached hydrogens (tertiary/aromatic N) is 2. The predicted octanol–water partition coefficient (Wildman–Crippen LogP) is 3.35. The van der Waals surface area contributed by atoms with Crippen molar-refractivity contribution in [3.8, 4) is 0 Å². The first-order valence-electron chi connectivity index (χ1n) is 6.05. The molecule has 100 valence electrons. The van der Waals surface area contributed by atoms with Crippen molar-refractivity contribution in [2.45, 2.75) is 26.8 Å². The van der Waals surface area contributed by atoms with Crippen LogP contribution in [0.5, 0.6) is 0 Å². The SMILES string of the molecule is Cc1cnn(C(C)C(=O)Nc2cc(Cl)ccc2C)c1. The second-order valence-corrected chi connectivity index (χ2v) is 5.06. The number of benzene rings is 1. The number of hydrogen-bond acceptors (Lipinski definition) is 2. The Balaban J connectivity index is 2.14. The largest absolute Gasteiger partial charge is 0.324 e. The van der Waals surface area contributed by atoms with Crippen molar-refractivity contribution in [3.05, 3.63) is 46.7 Å². The predicted molar refractivity (Wildman–Crippen MR) is 76.5 cm³/mol. The summed E-state index contributed by atoms with van der Waals surface area (Å²) >= 11 is 5.93. The summed E-state index contributed by atoms with van der Waals surface area (Å²) in [5, 5.41) is 7.62. The molecule has 0 saturated heterocycles. The first kappa shape index (κ1) is 13.6. The van der Waals surface area contributed by atoms with Gasteiger partial charge in [-0.3, -0.25) is 9.48 Å². The average Bonchev–Trinajstić information content (AvgIpc) is 2.79. The van der Waals surface area contributed by atoms with Crippen molar-refractivity contribution in [2.24, 2.45) is 0 Å². The first-order valence-corrected chi connectivity index (χ1v) is 6.43. The van der Waals surface area contributed by atoms with Crippen LogP contribution in [0.15, 0.2) is 30.6 Å². The average molecular weight is 278 g/mol. The molecule has 1 amide bonds. The van der Waals surface area contributed by atoms with Gasteiger partial charge < -0.3 is 5.32 Å². The Hall–Kier alpha value is -1.81. The molecule has 1 heterocycles. The van der Waals surface area contributed by atoms with Crippen LogP contribution in [0.4, 0.5) is 5.69 Å². The molecule has 2 aromatic rings. The number of nitrogens with one attached hydrogen (secondary N) is 1. The molecular weight excluding hydrogens is 262 g/mol. The fourth-order valence-corrected chi connectivity index (χ4v) is 1.90. The van der Waals surface area contributed by atoms with Crippen molar-refractivity contribution in [2.75, 3.05) is 5.32 Å². The second kappa shape index (κ2) is 5.45. The summed E-state index contributed by atoms with van der Waals surface area (Å²) in [4.78, 5) is 12.2. The van der Waals surface area contributed by atoms with Gasteiger partial charge in [0.2, 0.25) is 5.91 Å². The quantitative estimate of drug-likeness (QED) is 0.935. The van der Waals surface area contributed by atoms with Crippen molar-refractivity contribution in [1.29, 1.82) is 0 Å². The number of carbonyl (C=O) groups is 1. The lowest BCUT2D eigenvalue weighted by Crippen LogP contribution is -2.24. The van der Waals surface area contributed by atoms with Gasteiger partial charge in [0.15, 0.2) is 0 Å². The van der Waals surface area contributed by atoms with E-state index in [0.29, 0.717) is 5.02 Å². The topological polar surface area (TPSA) is 46.9 Å². The third-order valence-corrected chi connectivity index (χ3v) is 3.20. The van der Waals surface area contributed by atoms with E-state index < -0.39 is 0 Å². The summed E-state index contributed by atoms with van der Waals surface area (Å²) in [5.41, 5.74) is 2.73. The van der Waals surface area contributed by atoms with Crippen molar-refractivity contribution < 1.29 is 4.79 Å². The molecule has 0 saturated carbocycles. The molecule has 1 aromatic carbocycles. The Morgan fingerprint density at radius 2 is 2.16 bits per heavy atom. The fraction of sp³-hybridized carbons (Fsp3) is 0.286. The molecule has 2 rings (SSSR count). The molecule has 4 nitrogen and oxygen atoms in total. The molecule has 0 radical (unpaired) electrons. The fourth-order valence-electron chi connectivity index (χ4n) is 1.73. The third-order valence-electron chi connectivity index (χ3n) is 2.96. The van der Waals surface area contributed by atoms with E-state index in [-0.39, 0.29) is 11.9 Å². The smallest absolute Gasteiger partial charge is 0.248 e. The molecule has 19 heavy (non-hydrogen) atoms. The van der Waals surface area contributed by atoms with Gasteiger partial charge in [0.05, 0.1) is 6.20 Å². The monoisotopic (exact) mass is 277 g/mol. The van der Waals surface area contributed by atoms with E-state index >= 15 is 0 Å². The van der Waals surface area contributed by atoms with Crippen molar-refractivity contribution >= 4 is 23.2 Å². The van der Waals surface area contributed by atoms with Crippen LogP contribution in [-0.4, -0.2) is 15.7 Å². The van der Waals surface area contributed by atoms with Crippen LogP contribution in [0.3, 0.4) is 0 Å². The summed E-state index contributed by atoms with van der Waals surface area (Å²) in [7, 11) is 0. The van der Waals surface area contributed by atoms with E-state index in [1.54, 1.807) is 23.0 Å². The van der Waals surface area contributed by atoms with Crippen LogP contribution in [0.25, 0.3) is 0 Å². The molecule has 1 N–H and O–H groups in total. The number of amides is 1. The van der Waals surface area contributed by atoms with E-state index in [0.717, 1.165) is 16.8 Å². The minimum absolute atomic E-state index is 0.117. The maximum atomic E-state index is 12.2. The maximum absolute atomic E-state index is 12.2. The molecule has 0 aliphatic heterocycles. The molecule has 1 unspecified atom stereocenters. The minimum Gasteiger partial charge on any atom is -0.324 e. The Morgan fingerprint density at radius 1 is 1.42 bits per heavy atom. The zero-order valence-electron chi connectivity index (χ0n) is 11.1. The lowest BCUT2D eigenvalue weighted by atomic mass is 10.2. The zero-order chi connectivity index (χ0) is 14.0. The molecule has 0 aliphatic carbocycles. The normalized spacial score (nSPS) is 12.2. The highest BCUT2D eigenvalue weighted by molar-refractivity contribution is 6.31. The highest BCUT2D eigenvalue weighted by Gasteiger charge is 2.16. The Bertz CT molecular complexity index is 606. The molecule has 0 aliphatic rings. The molecule has 0 bridgehead atoms. The van der Waals surface area contributed by atoms with Gasteiger partial charge in [-0.25, -0.2) is 0 Å². The molecule has 0 fully saturated rings. The van der Waals surface area contributed by atoms with E-state index in [4.69, 9.17) is 11.6 Å². The molecule has 1 atom stereocenters. The number of aryl methyl sites for hydroxylation is 2. The minimum atomic E-state index is -0.368. The first-order chi connectivity index (χ1) is 8.97. The number of rotatable bonds is 3. The summed E-state index contributed by atoms with van der Waals surface area (Å²) in [6.45, 7) is 5.67. The lowest BCUT2D eigenvalue weighted by molar-refractivity contribution is -0.119. The van der Waals surface area contributed by atoms with Gasteiger partial charge in [0.1, 0.15) is 6.04 Å². The van der Waals surface area contributed by atoms with Crippen LogP contribution in [-0.2, 0) is 4.79 Å². The van der Waals surface area contributed by atoms with Gasteiger partial charge in [-0.15, -0.1) is 0 Å². The van der Waals surface area contributed by atoms with Crippen molar-refractivity contribution in [1.82, 2.24) is 9.78 Å². The summed E-state index contributed by atoms with van der Waals surface area (Å²) in [6.07, 6.45) is 3.57. The highest BCUT2D eigenvalue weighted by atomic mass is 35.5. The van der Waals surface area contributed by atoms with E-state index in [1.807, 2.05) is 33.0 Å². The second-order valence-electron chi connectivity index (χ2n) is 4.62. The standard InChI is InChI=1S/C14H16ClN3O/c1-9-7-16-18(8-9)11(3)14(19)17-13-6-12(15)5-4-10(13)2/h4-8,11H,1-3H3,(H,17,19). The van der Waals surface area contributed by atoms with Gasteiger partial charge in [0, 0.05) is 16.9 Å².